The smallest absolute Gasteiger partial charge is 0.234 e. The molecule has 122 valence electrons. The van der Waals surface area contributed by atoms with Crippen LogP contribution < -0.4 is 5.32 Å². The van der Waals surface area contributed by atoms with Crippen molar-refractivity contribution in [1.29, 1.82) is 0 Å². The summed E-state index contributed by atoms with van der Waals surface area (Å²) < 4.78 is 0. The Balaban J connectivity index is 1.85. The van der Waals surface area contributed by atoms with Crippen molar-refractivity contribution >= 4 is 23.4 Å². The Morgan fingerprint density at radius 3 is 2.48 bits per heavy atom. The molecule has 0 aliphatic rings. The molecule has 0 aliphatic heterocycles. The molecule has 23 heavy (non-hydrogen) atoms. The van der Waals surface area contributed by atoms with Gasteiger partial charge in [-0.25, -0.2) is 0 Å². The van der Waals surface area contributed by atoms with Crippen molar-refractivity contribution in [2.24, 2.45) is 0 Å². The van der Waals surface area contributed by atoms with E-state index in [0.717, 1.165) is 34.6 Å². The van der Waals surface area contributed by atoms with E-state index < -0.39 is 0 Å². The number of hydrogen-bond acceptors (Lipinski definition) is 3. The second-order valence-electron chi connectivity index (χ2n) is 5.48. The summed E-state index contributed by atoms with van der Waals surface area (Å²) in [6, 6.07) is 13.9. The molecule has 3 nitrogen and oxygen atoms in total. The average Bonchev–Trinajstić information content (AvgIpc) is 2.57. The SMILES string of the molecule is CCc1cccc(C)c1NC(=O)CSCc1ccc(CO)cc1. The number of para-hydroxylation sites is 1. The standard InChI is InChI=1S/C19H23NO2S/c1-3-17-6-4-5-14(2)19(17)20-18(22)13-23-12-16-9-7-15(11-21)8-10-16/h4-10,21H,3,11-13H2,1-2H3,(H,20,22). The molecule has 0 fully saturated rings. The molecule has 0 radical (unpaired) electrons. The van der Waals surface area contributed by atoms with E-state index >= 15 is 0 Å². The molecule has 4 heteroatoms. The van der Waals surface area contributed by atoms with Crippen molar-refractivity contribution in [2.75, 3.05) is 11.1 Å². The van der Waals surface area contributed by atoms with E-state index in [9.17, 15) is 4.79 Å². The van der Waals surface area contributed by atoms with Gasteiger partial charge in [-0.3, -0.25) is 4.79 Å². The zero-order chi connectivity index (χ0) is 16.7. The van der Waals surface area contributed by atoms with Gasteiger partial charge in [0.1, 0.15) is 0 Å². The Kier molecular flexibility index (Phi) is 6.68. The normalized spacial score (nSPS) is 10.6. The summed E-state index contributed by atoms with van der Waals surface area (Å²) in [6.07, 6.45) is 0.904. The molecule has 0 aliphatic carbocycles. The molecule has 0 aromatic heterocycles. The molecule has 2 N–H and O–H groups in total. The van der Waals surface area contributed by atoms with Gasteiger partial charge in [0, 0.05) is 11.4 Å². The van der Waals surface area contributed by atoms with Crippen molar-refractivity contribution in [2.45, 2.75) is 32.6 Å². The quantitative estimate of drug-likeness (QED) is 0.809. The zero-order valence-corrected chi connectivity index (χ0v) is 14.5. The van der Waals surface area contributed by atoms with E-state index in [2.05, 4.69) is 18.3 Å². The Hall–Kier alpha value is -1.78. The van der Waals surface area contributed by atoms with E-state index in [0.29, 0.717) is 5.75 Å². The Morgan fingerprint density at radius 1 is 1.13 bits per heavy atom. The van der Waals surface area contributed by atoms with Crippen LogP contribution in [-0.4, -0.2) is 16.8 Å². The predicted octanol–water partition coefficient (Wildman–Crippen LogP) is 3.92. The second kappa shape index (κ2) is 8.75. The summed E-state index contributed by atoms with van der Waals surface area (Å²) in [7, 11) is 0. The fraction of sp³-hybridized carbons (Fsp3) is 0.316. The van der Waals surface area contributed by atoms with Gasteiger partial charge in [-0.1, -0.05) is 49.4 Å². The van der Waals surface area contributed by atoms with Crippen molar-refractivity contribution in [3.63, 3.8) is 0 Å². The molecule has 0 saturated carbocycles. The summed E-state index contributed by atoms with van der Waals surface area (Å²) in [5.41, 5.74) is 5.28. The molecule has 0 saturated heterocycles. The molecular weight excluding hydrogens is 306 g/mol. The minimum absolute atomic E-state index is 0.0333. The number of nitrogens with one attached hydrogen (secondary N) is 1. The number of benzene rings is 2. The minimum Gasteiger partial charge on any atom is -0.392 e. The van der Waals surface area contributed by atoms with Crippen molar-refractivity contribution in [3.05, 3.63) is 64.7 Å². The highest BCUT2D eigenvalue weighted by molar-refractivity contribution is 7.99. The Bertz CT molecular complexity index is 653. The van der Waals surface area contributed by atoms with Gasteiger partial charge in [0.05, 0.1) is 12.4 Å². The van der Waals surface area contributed by atoms with Gasteiger partial charge in [-0.15, -0.1) is 11.8 Å². The number of aryl methyl sites for hydroxylation is 2. The first-order valence-corrected chi connectivity index (χ1v) is 8.94. The number of thioether (sulfide) groups is 1. The number of amides is 1. The summed E-state index contributed by atoms with van der Waals surface area (Å²) >= 11 is 1.59. The van der Waals surface area contributed by atoms with Gasteiger partial charge < -0.3 is 10.4 Å². The van der Waals surface area contributed by atoms with Gasteiger partial charge in [0.25, 0.3) is 0 Å². The first-order chi connectivity index (χ1) is 11.1. The van der Waals surface area contributed by atoms with Gasteiger partial charge >= 0.3 is 0 Å². The van der Waals surface area contributed by atoms with Gasteiger partial charge in [-0.2, -0.15) is 0 Å². The van der Waals surface area contributed by atoms with Crippen LogP contribution in [0.3, 0.4) is 0 Å². The topological polar surface area (TPSA) is 49.3 Å². The number of rotatable bonds is 7. The zero-order valence-electron chi connectivity index (χ0n) is 13.6. The number of carbonyl (C=O) groups is 1. The van der Waals surface area contributed by atoms with Gasteiger partial charge in [-0.05, 0) is 35.6 Å². The van der Waals surface area contributed by atoms with Crippen LogP contribution >= 0.6 is 11.8 Å². The first kappa shape index (κ1) is 17.6. The highest BCUT2D eigenvalue weighted by Gasteiger charge is 2.08. The van der Waals surface area contributed by atoms with Crippen LogP contribution in [0.4, 0.5) is 5.69 Å². The summed E-state index contributed by atoms with van der Waals surface area (Å²) in [6.45, 7) is 4.17. The lowest BCUT2D eigenvalue weighted by Gasteiger charge is -2.12. The molecular formula is C19H23NO2S. The molecule has 2 rings (SSSR count). The molecule has 0 unspecified atom stereocenters. The van der Waals surface area contributed by atoms with E-state index in [-0.39, 0.29) is 12.5 Å². The minimum atomic E-state index is 0.0333. The van der Waals surface area contributed by atoms with Crippen molar-refractivity contribution in [1.82, 2.24) is 0 Å². The number of anilines is 1. The summed E-state index contributed by atoms with van der Waals surface area (Å²) in [5, 5.41) is 12.1. The third-order valence-corrected chi connectivity index (χ3v) is 4.72. The largest absolute Gasteiger partial charge is 0.392 e. The lowest BCUT2D eigenvalue weighted by atomic mass is 10.1. The van der Waals surface area contributed by atoms with Crippen LogP contribution in [0.2, 0.25) is 0 Å². The average molecular weight is 329 g/mol. The van der Waals surface area contributed by atoms with Crippen molar-refractivity contribution < 1.29 is 9.90 Å². The van der Waals surface area contributed by atoms with Crippen LogP contribution in [0.1, 0.15) is 29.2 Å². The molecule has 2 aromatic carbocycles. The maximum atomic E-state index is 12.2. The molecule has 2 aromatic rings. The molecule has 0 bridgehead atoms. The van der Waals surface area contributed by atoms with Crippen molar-refractivity contribution in [3.8, 4) is 0 Å². The highest BCUT2D eigenvalue weighted by Crippen LogP contribution is 2.21. The van der Waals surface area contributed by atoms with E-state index in [1.54, 1.807) is 11.8 Å². The molecule has 0 heterocycles. The summed E-state index contributed by atoms with van der Waals surface area (Å²) in [4.78, 5) is 12.2. The molecule has 0 spiro atoms. The fourth-order valence-corrected chi connectivity index (χ4v) is 3.17. The van der Waals surface area contributed by atoms with E-state index in [1.807, 2.05) is 43.3 Å². The maximum Gasteiger partial charge on any atom is 0.234 e. The van der Waals surface area contributed by atoms with Gasteiger partial charge in [0.2, 0.25) is 5.91 Å². The number of aliphatic hydroxyl groups is 1. The maximum absolute atomic E-state index is 12.2. The lowest BCUT2D eigenvalue weighted by Crippen LogP contribution is -2.16. The summed E-state index contributed by atoms with van der Waals surface area (Å²) in [5.74, 6) is 1.25. The van der Waals surface area contributed by atoms with Gasteiger partial charge in [0.15, 0.2) is 0 Å². The number of carbonyl (C=O) groups excluding carboxylic acids is 1. The Morgan fingerprint density at radius 2 is 1.83 bits per heavy atom. The van der Waals surface area contributed by atoms with Crippen LogP contribution in [0.25, 0.3) is 0 Å². The monoisotopic (exact) mass is 329 g/mol. The fourth-order valence-electron chi connectivity index (χ4n) is 2.38. The van der Waals surface area contributed by atoms with E-state index in [4.69, 9.17) is 5.11 Å². The number of hydrogen-bond donors (Lipinski definition) is 2. The predicted molar refractivity (Wildman–Crippen MR) is 97.7 cm³/mol. The van der Waals surface area contributed by atoms with E-state index in [1.165, 1.54) is 5.56 Å². The third-order valence-electron chi connectivity index (χ3n) is 3.71. The van der Waals surface area contributed by atoms with Crippen LogP contribution in [-0.2, 0) is 23.6 Å². The highest BCUT2D eigenvalue weighted by atomic mass is 32.2. The van der Waals surface area contributed by atoms with Crippen LogP contribution in [0.15, 0.2) is 42.5 Å². The van der Waals surface area contributed by atoms with Crippen LogP contribution in [0, 0.1) is 6.92 Å². The van der Waals surface area contributed by atoms with Crippen LogP contribution in [0.5, 0.6) is 0 Å². The number of aliphatic hydroxyl groups excluding tert-OH is 1. The Labute approximate surface area is 142 Å². The third kappa shape index (κ3) is 5.12. The lowest BCUT2D eigenvalue weighted by molar-refractivity contribution is -0.113. The molecule has 1 amide bonds. The molecule has 0 atom stereocenters. The first-order valence-electron chi connectivity index (χ1n) is 7.78. The second-order valence-corrected chi connectivity index (χ2v) is 6.46.